The molecule has 2 heterocycles. The first-order chi connectivity index (χ1) is 12.9. The van der Waals surface area contributed by atoms with Gasteiger partial charge in [-0.3, -0.25) is 15.0 Å². The van der Waals surface area contributed by atoms with Gasteiger partial charge in [-0.05, 0) is 49.8 Å². The summed E-state index contributed by atoms with van der Waals surface area (Å²) in [6.45, 7) is 1.98. The number of carboxylic acids is 1. The highest BCUT2D eigenvalue weighted by molar-refractivity contribution is 5.96. The summed E-state index contributed by atoms with van der Waals surface area (Å²) in [5.41, 5.74) is 6.41. The van der Waals surface area contributed by atoms with E-state index < -0.39 is 24.3 Å². The third kappa shape index (κ3) is 4.22. The van der Waals surface area contributed by atoms with Gasteiger partial charge in [-0.1, -0.05) is 19.3 Å². The Balaban J connectivity index is 1.64. The van der Waals surface area contributed by atoms with Gasteiger partial charge in [-0.25, -0.2) is 9.78 Å². The number of likely N-dealkylation sites (tertiary alicyclic amines) is 1. The number of carbonyl (C=O) groups is 2. The standard InChI is InChI=1S/C19H28N4O4/c1-11(13-5-3-2-4-6-13)22-19(27)23-16(18(25)26)14(17(23)24)9-12-7-8-21-15(20)10-12/h7-8,10-11,13-14,16,19,22,27H,2-6,9H2,1H3,(H2,20,21)(H,25,26)/t11?,14-,16+,19?/m1/s1. The van der Waals surface area contributed by atoms with E-state index in [4.69, 9.17) is 5.73 Å². The van der Waals surface area contributed by atoms with Crippen LogP contribution in [0.15, 0.2) is 18.3 Å². The van der Waals surface area contributed by atoms with E-state index in [1.807, 2.05) is 6.92 Å². The fourth-order valence-electron chi connectivity index (χ4n) is 4.30. The zero-order valence-electron chi connectivity index (χ0n) is 15.5. The van der Waals surface area contributed by atoms with Gasteiger partial charge >= 0.3 is 5.97 Å². The zero-order valence-corrected chi connectivity index (χ0v) is 15.5. The number of rotatable bonds is 7. The van der Waals surface area contributed by atoms with Crippen LogP contribution >= 0.6 is 0 Å². The van der Waals surface area contributed by atoms with Crippen LogP contribution < -0.4 is 11.1 Å². The van der Waals surface area contributed by atoms with Crippen LogP contribution in [0.5, 0.6) is 0 Å². The van der Waals surface area contributed by atoms with Crippen LogP contribution in [0.25, 0.3) is 0 Å². The van der Waals surface area contributed by atoms with E-state index in [0.29, 0.717) is 11.7 Å². The molecule has 2 aliphatic rings. The molecule has 27 heavy (non-hydrogen) atoms. The number of hydrogen-bond acceptors (Lipinski definition) is 6. The van der Waals surface area contributed by atoms with E-state index in [1.165, 1.54) is 25.5 Å². The van der Waals surface area contributed by atoms with Gasteiger partial charge in [0.1, 0.15) is 11.9 Å². The molecule has 2 fully saturated rings. The van der Waals surface area contributed by atoms with E-state index in [0.717, 1.165) is 23.3 Å². The Kier molecular flexibility index (Phi) is 5.96. The Morgan fingerprint density at radius 3 is 2.74 bits per heavy atom. The molecule has 0 bridgehead atoms. The summed E-state index contributed by atoms with van der Waals surface area (Å²) in [4.78, 5) is 29.2. The molecular formula is C19H28N4O4. The van der Waals surface area contributed by atoms with Crippen molar-refractivity contribution in [2.24, 2.45) is 11.8 Å². The number of pyridine rings is 1. The molecule has 1 aliphatic carbocycles. The Morgan fingerprint density at radius 2 is 2.11 bits per heavy atom. The van der Waals surface area contributed by atoms with E-state index in [2.05, 4.69) is 10.3 Å². The zero-order chi connectivity index (χ0) is 19.6. The minimum Gasteiger partial charge on any atom is -0.480 e. The third-order valence-corrected chi connectivity index (χ3v) is 5.84. The van der Waals surface area contributed by atoms with Crippen LogP contribution in [0.4, 0.5) is 5.82 Å². The number of amides is 1. The number of nitrogens with one attached hydrogen (secondary N) is 1. The molecule has 0 radical (unpaired) electrons. The number of carbonyl (C=O) groups excluding carboxylic acids is 1. The van der Waals surface area contributed by atoms with Gasteiger partial charge < -0.3 is 15.9 Å². The maximum atomic E-state index is 12.6. The summed E-state index contributed by atoms with van der Waals surface area (Å²) in [5.74, 6) is -1.44. The van der Waals surface area contributed by atoms with Crippen molar-refractivity contribution in [3.05, 3.63) is 23.9 Å². The molecule has 1 saturated carbocycles. The topological polar surface area (TPSA) is 129 Å². The molecule has 1 saturated heterocycles. The quantitative estimate of drug-likeness (QED) is 0.412. The largest absolute Gasteiger partial charge is 0.480 e. The van der Waals surface area contributed by atoms with Crippen molar-refractivity contribution < 1.29 is 19.8 Å². The van der Waals surface area contributed by atoms with Crippen molar-refractivity contribution in [2.45, 2.75) is 63.9 Å². The first kappa shape index (κ1) is 19.6. The normalized spacial score (nSPS) is 25.7. The summed E-state index contributed by atoms with van der Waals surface area (Å²) in [5, 5.41) is 23.1. The molecule has 148 valence electrons. The van der Waals surface area contributed by atoms with Crippen molar-refractivity contribution in [2.75, 3.05) is 5.73 Å². The SMILES string of the molecule is CC(NC(O)N1C(=O)[C@H](Cc2ccnc(N)c2)[C@H]1C(=O)O)C1CCCCC1. The number of hydrogen-bond donors (Lipinski definition) is 4. The van der Waals surface area contributed by atoms with Gasteiger partial charge in [-0.15, -0.1) is 0 Å². The Bertz CT molecular complexity index is 692. The molecule has 8 heteroatoms. The fraction of sp³-hybridized carbons (Fsp3) is 0.632. The molecule has 8 nitrogen and oxygen atoms in total. The molecule has 0 aromatic carbocycles. The van der Waals surface area contributed by atoms with E-state index >= 15 is 0 Å². The second-order valence-corrected chi connectivity index (χ2v) is 7.66. The third-order valence-electron chi connectivity index (χ3n) is 5.84. The van der Waals surface area contributed by atoms with Gasteiger partial charge in [-0.2, -0.15) is 0 Å². The molecule has 1 aromatic heterocycles. The number of aliphatic hydroxyl groups excluding tert-OH is 1. The van der Waals surface area contributed by atoms with Crippen LogP contribution in [0.2, 0.25) is 0 Å². The predicted molar refractivity (Wildman–Crippen MR) is 99.3 cm³/mol. The highest BCUT2D eigenvalue weighted by atomic mass is 16.4. The highest BCUT2D eigenvalue weighted by Crippen LogP contribution is 2.32. The van der Waals surface area contributed by atoms with Crippen LogP contribution in [0.3, 0.4) is 0 Å². The van der Waals surface area contributed by atoms with E-state index in [9.17, 15) is 19.8 Å². The first-order valence-electron chi connectivity index (χ1n) is 9.58. The first-order valence-corrected chi connectivity index (χ1v) is 9.58. The minimum absolute atomic E-state index is 0.0154. The molecule has 2 unspecified atom stereocenters. The lowest BCUT2D eigenvalue weighted by atomic mass is 9.82. The van der Waals surface area contributed by atoms with Crippen LogP contribution in [-0.2, 0) is 16.0 Å². The lowest BCUT2D eigenvalue weighted by molar-refractivity contribution is -0.191. The summed E-state index contributed by atoms with van der Waals surface area (Å²) in [6, 6.07) is 2.30. The number of aliphatic hydroxyl groups is 1. The van der Waals surface area contributed by atoms with Crippen molar-refractivity contribution in [3.63, 3.8) is 0 Å². The lowest BCUT2D eigenvalue weighted by Gasteiger charge is -2.48. The number of nitrogen functional groups attached to an aromatic ring is 1. The molecule has 3 rings (SSSR count). The Morgan fingerprint density at radius 1 is 1.41 bits per heavy atom. The van der Waals surface area contributed by atoms with Gasteiger partial charge in [0.05, 0.1) is 5.92 Å². The number of β-lactam (4-membered cyclic amide) rings is 1. The van der Waals surface area contributed by atoms with Gasteiger partial charge in [0.25, 0.3) is 0 Å². The van der Waals surface area contributed by atoms with Crippen molar-refractivity contribution >= 4 is 17.7 Å². The van der Waals surface area contributed by atoms with Crippen LogP contribution in [-0.4, -0.2) is 50.4 Å². The van der Waals surface area contributed by atoms with E-state index in [1.54, 1.807) is 12.1 Å². The number of nitrogens with zero attached hydrogens (tertiary/aromatic N) is 2. The monoisotopic (exact) mass is 376 g/mol. The fourth-order valence-corrected chi connectivity index (χ4v) is 4.30. The van der Waals surface area contributed by atoms with Crippen molar-refractivity contribution in [1.82, 2.24) is 15.2 Å². The van der Waals surface area contributed by atoms with Crippen LogP contribution in [0, 0.1) is 11.8 Å². The molecule has 1 aliphatic heterocycles. The van der Waals surface area contributed by atoms with E-state index in [-0.39, 0.29) is 18.4 Å². The predicted octanol–water partition coefficient (Wildman–Crippen LogP) is 0.952. The van der Waals surface area contributed by atoms with Crippen molar-refractivity contribution in [1.29, 1.82) is 0 Å². The minimum atomic E-state index is -1.30. The van der Waals surface area contributed by atoms with Gasteiger partial charge in [0.2, 0.25) is 5.91 Å². The second kappa shape index (κ2) is 8.22. The summed E-state index contributed by atoms with van der Waals surface area (Å²) >= 11 is 0. The van der Waals surface area contributed by atoms with Crippen molar-refractivity contribution in [3.8, 4) is 0 Å². The lowest BCUT2D eigenvalue weighted by Crippen LogP contribution is -2.71. The maximum absolute atomic E-state index is 12.6. The maximum Gasteiger partial charge on any atom is 0.327 e. The van der Waals surface area contributed by atoms with Gasteiger partial charge in [0, 0.05) is 12.2 Å². The average Bonchev–Trinajstić information content (AvgIpc) is 2.64. The molecule has 1 aromatic rings. The molecular weight excluding hydrogens is 348 g/mol. The Hall–Kier alpha value is -2.19. The second-order valence-electron chi connectivity index (χ2n) is 7.66. The number of aliphatic carboxylic acids is 1. The van der Waals surface area contributed by atoms with Crippen LogP contribution in [0.1, 0.15) is 44.6 Å². The summed E-state index contributed by atoms with van der Waals surface area (Å²) < 4.78 is 0. The van der Waals surface area contributed by atoms with Gasteiger partial charge in [0.15, 0.2) is 6.35 Å². The number of aromatic nitrogens is 1. The smallest absolute Gasteiger partial charge is 0.327 e. The molecule has 5 N–H and O–H groups in total. The molecule has 1 amide bonds. The molecule has 4 atom stereocenters. The summed E-state index contributed by atoms with van der Waals surface area (Å²) in [7, 11) is 0. The number of anilines is 1. The average molecular weight is 376 g/mol. The Labute approximate surface area is 158 Å². The highest BCUT2D eigenvalue weighted by Gasteiger charge is 2.54. The molecule has 0 spiro atoms. The number of carboxylic acid groups (broad SMARTS) is 1. The summed E-state index contributed by atoms with van der Waals surface area (Å²) in [6.07, 6.45) is 6.24. The number of nitrogens with two attached hydrogens (primary N) is 1.